The molecule has 1 heterocycles. The molecule has 0 saturated carbocycles. The molecular formula is C11H13N2+. The molecule has 2 nitrogen and oxygen atoms in total. The van der Waals surface area contributed by atoms with Gasteiger partial charge in [-0.15, -0.1) is 0 Å². The third-order valence-corrected chi connectivity index (χ3v) is 2.13. The number of benzene rings is 1. The van der Waals surface area contributed by atoms with Crippen molar-refractivity contribution >= 4 is 10.8 Å². The van der Waals surface area contributed by atoms with Crippen LogP contribution in [0.15, 0.2) is 42.7 Å². The van der Waals surface area contributed by atoms with Gasteiger partial charge in [0.1, 0.15) is 0 Å². The van der Waals surface area contributed by atoms with Gasteiger partial charge in [0.2, 0.25) is 0 Å². The van der Waals surface area contributed by atoms with Gasteiger partial charge in [-0.25, -0.2) is 4.57 Å². The Morgan fingerprint density at radius 2 is 1.85 bits per heavy atom. The summed E-state index contributed by atoms with van der Waals surface area (Å²) in [6.07, 6.45) is 4.19. The number of fused-ring (bicyclic) bond motifs is 1. The van der Waals surface area contributed by atoms with Gasteiger partial charge >= 0.3 is 0 Å². The van der Waals surface area contributed by atoms with Crippen LogP contribution in [0.4, 0.5) is 0 Å². The maximum Gasteiger partial charge on any atom is 0.176 e. The molecule has 0 saturated heterocycles. The third-order valence-electron chi connectivity index (χ3n) is 2.13. The van der Waals surface area contributed by atoms with Crippen molar-refractivity contribution in [2.45, 2.75) is 6.54 Å². The topological polar surface area (TPSA) is 29.9 Å². The highest BCUT2D eigenvalue weighted by Gasteiger charge is 1.99. The van der Waals surface area contributed by atoms with E-state index < -0.39 is 0 Å². The van der Waals surface area contributed by atoms with E-state index in [2.05, 4.69) is 47.3 Å². The number of rotatable bonds is 2. The molecule has 13 heavy (non-hydrogen) atoms. The average molecular weight is 173 g/mol. The molecule has 0 atom stereocenters. The van der Waals surface area contributed by atoms with Gasteiger partial charge in [0.25, 0.3) is 0 Å². The van der Waals surface area contributed by atoms with Crippen molar-refractivity contribution in [2.75, 3.05) is 6.54 Å². The lowest BCUT2D eigenvalue weighted by molar-refractivity contribution is -0.693. The predicted octanol–water partition coefficient (Wildman–Crippen LogP) is 1.09. The van der Waals surface area contributed by atoms with Crippen molar-refractivity contribution in [1.29, 1.82) is 0 Å². The van der Waals surface area contributed by atoms with Gasteiger partial charge in [-0.05, 0) is 11.5 Å². The Hall–Kier alpha value is -1.41. The lowest BCUT2D eigenvalue weighted by Gasteiger charge is -1.96. The first-order valence-corrected chi connectivity index (χ1v) is 4.48. The fourth-order valence-electron chi connectivity index (χ4n) is 1.47. The van der Waals surface area contributed by atoms with Crippen molar-refractivity contribution in [3.05, 3.63) is 42.7 Å². The van der Waals surface area contributed by atoms with Crippen LogP contribution in [0.5, 0.6) is 0 Å². The molecule has 2 rings (SSSR count). The van der Waals surface area contributed by atoms with E-state index in [4.69, 9.17) is 5.73 Å². The number of pyridine rings is 1. The van der Waals surface area contributed by atoms with Crippen LogP contribution >= 0.6 is 0 Å². The van der Waals surface area contributed by atoms with Crippen LogP contribution in [0.25, 0.3) is 10.8 Å². The van der Waals surface area contributed by atoms with Crippen LogP contribution in [0.3, 0.4) is 0 Å². The Morgan fingerprint density at radius 3 is 2.62 bits per heavy atom. The normalized spacial score (nSPS) is 10.5. The van der Waals surface area contributed by atoms with Crippen LogP contribution in [0, 0.1) is 0 Å². The van der Waals surface area contributed by atoms with Gasteiger partial charge < -0.3 is 5.73 Å². The van der Waals surface area contributed by atoms with Crippen LogP contribution in [-0.4, -0.2) is 6.54 Å². The summed E-state index contributed by atoms with van der Waals surface area (Å²) in [4.78, 5) is 0. The first kappa shape index (κ1) is 8.20. The summed E-state index contributed by atoms with van der Waals surface area (Å²) in [5.41, 5.74) is 5.48. The second-order valence-electron chi connectivity index (χ2n) is 3.10. The van der Waals surface area contributed by atoms with Gasteiger partial charge in [0, 0.05) is 11.5 Å². The summed E-state index contributed by atoms with van der Waals surface area (Å²) < 4.78 is 2.11. The van der Waals surface area contributed by atoms with Crippen molar-refractivity contribution < 1.29 is 4.57 Å². The van der Waals surface area contributed by atoms with Crippen molar-refractivity contribution in [3.63, 3.8) is 0 Å². The highest BCUT2D eigenvalue weighted by atomic mass is 14.9. The summed E-state index contributed by atoms with van der Waals surface area (Å²) in [6.45, 7) is 1.56. The summed E-state index contributed by atoms with van der Waals surface area (Å²) in [5, 5.41) is 2.54. The van der Waals surface area contributed by atoms with Gasteiger partial charge in [0.15, 0.2) is 18.9 Å². The fraction of sp³-hybridized carbons (Fsp3) is 0.182. The molecule has 0 aliphatic heterocycles. The summed E-state index contributed by atoms with van der Waals surface area (Å²) in [6, 6.07) is 10.4. The van der Waals surface area contributed by atoms with Crippen molar-refractivity contribution in [3.8, 4) is 0 Å². The minimum atomic E-state index is 0.684. The Balaban J connectivity index is 2.49. The van der Waals surface area contributed by atoms with E-state index in [0.29, 0.717) is 6.54 Å². The predicted molar refractivity (Wildman–Crippen MR) is 53.2 cm³/mol. The minimum Gasteiger partial charge on any atom is -0.325 e. The summed E-state index contributed by atoms with van der Waals surface area (Å²) >= 11 is 0. The summed E-state index contributed by atoms with van der Waals surface area (Å²) in [5.74, 6) is 0. The molecule has 2 heteroatoms. The van der Waals surface area contributed by atoms with Crippen LogP contribution in [-0.2, 0) is 6.54 Å². The zero-order valence-corrected chi connectivity index (χ0v) is 7.48. The van der Waals surface area contributed by atoms with Crippen LogP contribution in [0.1, 0.15) is 0 Å². The van der Waals surface area contributed by atoms with Gasteiger partial charge in [-0.2, -0.15) is 0 Å². The van der Waals surface area contributed by atoms with E-state index >= 15 is 0 Å². The Morgan fingerprint density at radius 1 is 1.08 bits per heavy atom. The van der Waals surface area contributed by atoms with E-state index in [1.54, 1.807) is 0 Å². The number of nitrogens with zero attached hydrogens (tertiary/aromatic N) is 1. The number of hydrogen-bond acceptors (Lipinski definition) is 1. The number of aromatic nitrogens is 1. The number of nitrogens with two attached hydrogens (primary N) is 1. The van der Waals surface area contributed by atoms with Gasteiger partial charge in [-0.1, -0.05) is 18.2 Å². The Kier molecular flexibility index (Phi) is 2.23. The molecular weight excluding hydrogens is 160 g/mol. The number of hydrogen-bond donors (Lipinski definition) is 1. The highest BCUT2D eigenvalue weighted by Crippen LogP contribution is 2.09. The average Bonchev–Trinajstić information content (AvgIpc) is 2.18. The molecule has 0 spiro atoms. The van der Waals surface area contributed by atoms with E-state index in [1.807, 2.05) is 0 Å². The Bertz CT molecular complexity index is 410. The second-order valence-corrected chi connectivity index (χ2v) is 3.10. The molecule has 1 aromatic carbocycles. The minimum absolute atomic E-state index is 0.684. The quantitative estimate of drug-likeness (QED) is 0.677. The molecule has 0 amide bonds. The summed E-state index contributed by atoms with van der Waals surface area (Å²) in [7, 11) is 0. The fourth-order valence-corrected chi connectivity index (χ4v) is 1.47. The Labute approximate surface area is 77.6 Å². The molecule has 0 aliphatic carbocycles. The van der Waals surface area contributed by atoms with Crippen LogP contribution in [0.2, 0.25) is 0 Å². The lowest BCUT2D eigenvalue weighted by Crippen LogP contribution is -2.36. The third kappa shape index (κ3) is 1.68. The molecule has 0 radical (unpaired) electrons. The molecule has 66 valence electrons. The van der Waals surface area contributed by atoms with Crippen molar-refractivity contribution in [2.24, 2.45) is 5.73 Å². The largest absolute Gasteiger partial charge is 0.325 e. The molecule has 0 unspecified atom stereocenters. The zero-order valence-electron chi connectivity index (χ0n) is 7.48. The van der Waals surface area contributed by atoms with E-state index in [1.165, 1.54) is 10.8 Å². The van der Waals surface area contributed by atoms with E-state index in [0.717, 1.165) is 6.54 Å². The van der Waals surface area contributed by atoms with Crippen LogP contribution < -0.4 is 10.3 Å². The SMILES string of the molecule is NCC[n+]1ccc2ccccc2c1. The molecule has 1 aromatic heterocycles. The molecule has 2 N–H and O–H groups in total. The zero-order chi connectivity index (χ0) is 9.10. The first-order valence-electron chi connectivity index (χ1n) is 4.48. The molecule has 0 bridgehead atoms. The van der Waals surface area contributed by atoms with Gasteiger partial charge in [0.05, 0.1) is 6.54 Å². The molecule has 0 fully saturated rings. The molecule has 0 aliphatic rings. The first-order chi connectivity index (χ1) is 6.40. The highest BCUT2D eigenvalue weighted by molar-refractivity contribution is 5.80. The standard InChI is InChI=1S/C11H13N2/c12-6-8-13-7-5-10-3-1-2-4-11(10)9-13/h1-5,7,9H,6,8,12H2/q+1. The maximum atomic E-state index is 5.48. The van der Waals surface area contributed by atoms with Crippen molar-refractivity contribution in [1.82, 2.24) is 0 Å². The second kappa shape index (κ2) is 3.54. The van der Waals surface area contributed by atoms with E-state index in [-0.39, 0.29) is 0 Å². The maximum absolute atomic E-state index is 5.48. The van der Waals surface area contributed by atoms with E-state index in [9.17, 15) is 0 Å². The molecule has 2 aromatic rings. The smallest absolute Gasteiger partial charge is 0.176 e. The lowest BCUT2D eigenvalue weighted by atomic mass is 10.2. The van der Waals surface area contributed by atoms with Gasteiger partial charge in [-0.3, -0.25) is 0 Å². The monoisotopic (exact) mass is 173 g/mol.